The number of rotatable bonds is 2. The van der Waals surface area contributed by atoms with E-state index < -0.39 is 23.1 Å². The molecule has 0 saturated heterocycles. The Morgan fingerprint density at radius 2 is 1.69 bits per heavy atom. The van der Waals surface area contributed by atoms with Gasteiger partial charge in [0.2, 0.25) is 0 Å². The fraction of sp³-hybridized carbons (Fsp3) is 0.400. The molecule has 0 amide bonds. The largest absolute Gasteiger partial charge is 0.206 e. The predicted molar refractivity (Wildman–Crippen MR) is 53.9 cm³/mol. The molecular weight excluding hydrogens is 219 g/mol. The zero-order valence-electron chi connectivity index (χ0n) is 9.05. The van der Waals surface area contributed by atoms with Gasteiger partial charge in [-0.1, -0.05) is 19.0 Å². The van der Waals surface area contributed by atoms with E-state index in [4.69, 9.17) is 5.53 Å². The maximum atomic E-state index is 13.6. The maximum Gasteiger partial charge on any atom is 0.171 e. The molecule has 0 unspecified atom stereocenters. The summed E-state index contributed by atoms with van der Waals surface area (Å²) < 4.78 is 40.5. The number of benzene rings is 1. The summed E-state index contributed by atoms with van der Waals surface area (Å²) in [5.41, 5.74) is 7.15. The normalized spacial score (nSPS) is 10.4. The van der Waals surface area contributed by atoms with Gasteiger partial charge >= 0.3 is 0 Å². The van der Waals surface area contributed by atoms with Gasteiger partial charge in [-0.2, -0.15) is 0 Å². The number of nitrogens with zero attached hydrogens (tertiary/aromatic N) is 3. The molecule has 0 fully saturated rings. The fourth-order valence-corrected chi connectivity index (χ4v) is 1.60. The molecule has 6 heteroatoms. The van der Waals surface area contributed by atoms with Crippen LogP contribution in [0.1, 0.15) is 30.9 Å². The van der Waals surface area contributed by atoms with E-state index in [0.717, 1.165) is 0 Å². The molecule has 0 saturated carbocycles. The van der Waals surface area contributed by atoms with Gasteiger partial charge in [0.1, 0.15) is 11.5 Å². The molecule has 0 aliphatic rings. The molecule has 1 rings (SSSR count). The summed E-state index contributed by atoms with van der Waals surface area (Å²) in [6.45, 7) is 4.57. The minimum atomic E-state index is -1.44. The summed E-state index contributed by atoms with van der Waals surface area (Å²) in [5, 5.41) is 2.82. The second kappa shape index (κ2) is 4.45. The first-order valence-corrected chi connectivity index (χ1v) is 4.63. The van der Waals surface area contributed by atoms with E-state index in [1.165, 1.54) is 6.92 Å². The molecule has 0 spiro atoms. The van der Waals surface area contributed by atoms with Crippen molar-refractivity contribution in [2.75, 3.05) is 0 Å². The lowest BCUT2D eigenvalue weighted by Gasteiger charge is -2.14. The third kappa shape index (κ3) is 1.84. The van der Waals surface area contributed by atoms with Crippen LogP contribution in [-0.2, 0) is 0 Å². The van der Waals surface area contributed by atoms with Gasteiger partial charge in [-0.25, -0.2) is 13.2 Å². The van der Waals surface area contributed by atoms with Gasteiger partial charge < -0.3 is 0 Å². The first-order chi connectivity index (χ1) is 7.41. The Morgan fingerprint density at radius 1 is 1.12 bits per heavy atom. The van der Waals surface area contributed by atoms with Crippen LogP contribution in [0.5, 0.6) is 0 Å². The first-order valence-electron chi connectivity index (χ1n) is 4.63. The van der Waals surface area contributed by atoms with Gasteiger partial charge in [-0.05, 0) is 29.5 Å². The van der Waals surface area contributed by atoms with Crippen molar-refractivity contribution in [3.05, 3.63) is 39.0 Å². The molecule has 0 radical (unpaired) electrons. The molecule has 3 nitrogen and oxygen atoms in total. The minimum absolute atomic E-state index is 0.0312. The van der Waals surface area contributed by atoms with Gasteiger partial charge in [0.25, 0.3) is 0 Å². The molecule has 86 valence electrons. The van der Waals surface area contributed by atoms with Crippen molar-refractivity contribution in [3.63, 3.8) is 0 Å². The lowest BCUT2D eigenvalue weighted by Crippen LogP contribution is -2.04. The van der Waals surface area contributed by atoms with Crippen molar-refractivity contribution in [2.24, 2.45) is 5.11 Å². The number of hydrogen-bond donors (Lipinski definition) is 0. The topological polar surface area (TPSA) is 48.8 Å². The molecule has 16 heavy (non-hydrogen) atoms. The van der Waals surface area contributed by atoms with Gasteiger partial charge in [-0.3, -0.25) is 0 Å². The van der Waals surface area contributed by atoms with Gasteiger partial charge in [0.05, 0.1) is 0 Å². The lowest BCUT2D eigenvalue weighted by molar-refractivity contribution is 0.479. The molecule has 1 aromatic carbocycles. The van der Waals surface area contributed by atoms with Gasteiger partial charge in [-0.15, -0.1) is 0 Å². The van der Waals surface area contributed by atoms with Crippen molar-refractivity contribution in [1.29, 1.82) is 0 Å². The Kier molecular flexibility index (Phi) is 3.44. The van der Waals surface area contributed by atoms with E-state index in [1.807, 2.05) is 0 Å². The number of azide groups is 1. The van der Waals surface area contributed by atoms with Crippen molar-refractivity contribution in [3.8, 4) is 0 Å². The molecule has 0 atom stereocenters. The smallest absolute Gasteiger partial charge is 0.171 e. The predicted octanol–water partition coefficient (Wildman–Crippen LogP) is 4.48. The zero-order valence-corrected chi connectivity index (χ0v) is 9.05. The van der Waals surface area contributed by atoms with Crippen LogP contribution in [0.4, 0.5) is 18.9 Å². The molecule has 0 heterocycles. The van der Waals surface area contributed by atoms with Crippen LogP contribution in [-0.4, -0.2) is 0 Å². The summed E-state index contributed by atoms with van der Waals surface area (Å²) in [5.74, 6) is -3.97. The Bertz CT molecular complexity index is 448. The van der Waals surface area contributed by atoms with Crippen molar-refractivity contribution >= 4 is 5.69 Å². The SMILES string of the molecule is Cc1c(F)c(N=[N+]=[N-])c(F)c(F)c1C(C)C. The van der Waals surface area contributed by atoms with Gasteiger partial charge in [0.15, 0.2) is 11.6 Å². The fourth-order valence-electron chi connectivity index (χ4n) is 1.60. The summed E-state index contributed by atoms with van der Waals surface area (Å²) in [7, 11) is 0. The average Bonchev–Trinajstić information content (AvgIpc) is 2.21. The molecule has 0 bridgehead atoms. The minimum Gasteiger partial charge on any atom is -0.206 e. The van der Waals surface area contributed by atoms with E-state index in [9.17, 15) is 13.2 Å². The Labute approximate surface area is 90.5 Å². The third-order valence-corrected chi connectivity index (χ3v) is 2.30. The van der Waals surface area contributed by atoms with E-state index in [-0.39, 0.29) is 17.0 Å². The monoisotopic (exact) mass is 229 g/mol. The average molecular weight is 229 g/mol. The van der Waals surface area contributed by atoms with Crippen LogP contribution >= 0.6 is 0 Å². The summed E-state index contributed by atoms with van der Waals surface area (Å²) in [6.07, 6.45) is 0. The number of halogens is 3. The zero-order chi connectivity index (χ0) is 12.5. The summed E-state index contributed by atoms with van der Waals surface area (Å²) in [6, 6.07) is 0. The van der Waals surface area contributed by atoms with Gasteiger partial charge in [0, 0.05) is 4.91 Å². The van der Waals surface area contributed by atoms with E-state index in [2.05, 4.69) is 10.0 Å². The molecule has 0 N–H and O–H groups in total. The Hall–Kier alpha value is -1.68. The number of hydrogen-bond acceptors (Lipinski definition) is 1. The second-order valence-corrected chi connectivity index (χ2v) is 3.67. The lowest BCUT2D eigenvalue weighted by atomic mass is 9.96. The van der Waals surface area contributed by atoms with Crippen LogP contribution in [0.3, 0.4) is 0 Å². The van der Waals surface area contributed by atoms with Crippen LogP contribution < -0.4 is 0 Å². The summed E-state index contributed by atoms with van der Waals surface area (Å²) >= 11 is 0. The molecular formula is C10H10F3N3. The van der Waals surface area contributed by atoms with Crippen LogP contribution in [0.25, 0.3) is 10.4 Å². The highest BCUT2D eigenvalue weighted by Gasteiger charge is 2.23. The highest BCUT2D eigenvalue weighted by molar-refractivity contribution is 5.49. The van der Waals surface area contributed by atoms with E-state index in [0.29, 0.717) is 0 Å². The third-order valence-electron chi connectivity index (χ3n) is 2.30. The highest BCUT2D eigenvalue weighted by atomic mass is 19.2. The highest BCUT2D eigenvalue weighted by Crippen LogP contribution is 2.34. The molecule has 0 aromatic heterocycles. The van der Waals surface area contributed by atoms with Crippen molar-refractivity contribution < 1.29 is 13.2 Å². The van der Waals surface area contributed by atoms with Crippen molar-refractivity contribution in [2.45, 2.75) is 26.7 Å². The maximum absolute atomic E-state index is 13.6. The van der Waals surface area contributed by atoms with E-state index >= 15 is 0 Å². The van der Waals surface area contributed by atoms with Crippen molar-refractivity contribution in [1.82, 2.24) is 0 Å². The summed E-state index contributed by atoms with van der Waals surface area (Å²) in [4.78, 5) is 2.26. The van der Waals surface area contributed by atoms with Crippen LogP contribution in [0, 0.1) is 24.4 Å². The van der Waals surface area contributed by atoms with Crippen LogP contribution in [0.2, 0.25) is 0 Å². The first kappa shape index (κ1) is 12.4. The second-order valence-electron chi connectivity index (χ2n) is 3.67. The molecule has 0 aliphatic heterocycles. The van der Waals surface area contributed by atoms with E-state index in [1.54, 1.807) is 13.8 Å². The Morgan fingerprint density at radius 3 is 2.12 bits per heavy atom. The quantitative estimate of drug-likeness (QED) is 0.311. The molecule has 0 aliphatic carbocycles. The standard InChI is InChI=1S/C10H10F3N3/c1-4(2)6-5(3)7(11)10(15-16-14)9(13)8(6)12/h4H,1-3H3. The molecule has 1 aromatic rings. The van der Waals surface area contributed by atoms with Crippen LogP contribution in [0.15, 0.2) is 5.11 Å². The Balaban J connectivity index is 3.69.